The van der Waals surface area contributed by atoms with Crippen LogP contribution >= 0.6 is 0 Å². The highest BCUT2D eigenvalue weighted by Crippen LogP contribution is 2.08. The lowest BCUT2D eigenvalue weighted by Gasteiger charge is -2.23. The highest BCUT2D eigenvalue weighted by molar-refractivity contribution is 5.67. The third-order valence-electron chi connectivity index (χ3n) is 2.53. The van der Waals surface area contributed by atoms with Gasteiger partial charge in [0.25, 0.3) is 0 Å². The molecule has 0 radical (unpaired) electrons. The molecular weight excluding hydrogens is 166 g/mol. The van der Waals surface area contributed by atoms with Crippen LogP contribution in [0.1, 0.15) is 40.5 Å². The van der Waals surface area contributed by atoms with Crippen molar-refractivity contribution in [2.24, 2.45) is 5.92 Å². The molecule has 0 saturated heterocycles. The van der Waals surface area contributed by atoms with Gasteiger partial charge in [-0.25, -0.2) is 0 Å². The van der Waals surface area contributed by atoms with Gasteiger partial charge in [-0.15, -0.1) is 0 Å². The average Bonchev–Trinajstić information content (AvgIpc) is 2.01. The van der Waals surface area contributed by atoms with E-state index < -0.39 is 5.97 Å². The molecule has 0 aromatic carbocycles. The molecule has 0 aliphatic carbocycles. The highest BCUT2D eigenvalue weighted by Gasteiger charge is 2.14. The minimum Gasteiger partial charge on any atom is -0.481 e. The minimum atomic E-state index is -0.739. The molecule has 3 atom stereocenters. The van der Waals surface area contributed by atoms with Gasteiger partial charge < -0.3 is 10.4 Å². The van der Waals surface area contributed by atoms with E-state index >= 15 is 0 Å². The lowest BCUT2D eigenvalue weighted by atomic mass is 10.00. The fourth-order valence-corrected chi connectivity index (χ4v) is 1.29. The summed E-state index contributed by atoms with van der Waals surface area (Å²) in [6, 6.07) is 0.445. The van der Waals surface area contributed by atoms with Gasteiger partial charge in [0.1, 0.15) is 0 Å². The Bertz CT molecular complexity index is 159. The van der Waals surface area contributed by atoms with Gasteiger partial charge in [0.05, 0.1) is 6.42 Å². The Morgan fingerprint density at radius 3 is 2.31 bits per heavy atom. The van der Waals surface area contributed by atoms with E-state index in [1.807, 2.05) is 6.92 Å². The summed E-state index contributed by atoms with van der Waals surface area (Å²) in [5, 5.41) is 11.8. The first kappa shape index (κ1) is 12.4. The van der Waals surface area contributed by atoms with Crippen LogP contribution in [0.5, 0.6) is 0 Å². The van der Waals surface area contributed by atoms with E-state index in [1.165, 1.54) is 0 Å². The molecule has 2 N–H and O–H groups in total. The molecule has 13 heavy (non-hydrogen) atoms. The predicted octanol–water partition coefficient (Wildman–Crippen LogP) is 1.87. The van der Waals surface area contributed by atoms with Crippen LogP contribution in [0.4, 0.5) is 0 Å². The molecular formula is C10H21NO2. The second kappa shape index (κ2) is 5.97. The largest absolute Gasteiger partial charge is 0.481 e. The van der Waals surface area contributed by atoms with Crippen LogP contribution in [-0.2, 0) is 4.79 Å². The molecule has 0 heterocycles. The van der Waals surface area contributed by atoms with Crippen LogP contribution in [0.2, 0.25) is 0 Å². The van der Waals surface area contributed by atoms with Crippen LogP contribution in [0.15, 0.2) is 0 Å². The zero-order valence-electron chi connectivity index (χ0n) is 9.00. The Morgan fingerprint density at radius 2 is 1.92 bits per heavy atom. The normalized spacial score (nSPS) is 17.8. The molecule has 0 bridgehead atoms. The van der Waals surface area contributed by atoms with Crippen molar-refractivity contribution in [3.63, 3.8) is 0 Å². The highest BCUT2D eigenvalue weighted by atomic mass is 16.4. The van der Waals surface area contributed by atoms with E-state index in [1.54, 1.807) is 0 Å². The number of nitrogens with one attached hydrogen (secondary N) is 1. The molecule has 78 valence electrons. The van der Waals surface area contributed by atoms with Crippen molar-refractivity contribution in [3.8, 4) is 0 Å². The van der Waals surface area contributed by atoms with Gasteiger partial charge in [0.15, 0.2) is 0 Å². The summed E-state index contributed by atoms with van der Waals surface area (Å²) in [7, 11) is 0. The first-order chi connectivity index (χ1) is 5.97. The van der Waals surface area contributed by atoms with Gasteiger partial charge in [-0.2, -0.15) is 0 Å². The van der Waals surface area contributed by atoms with Crippen LogP contribution in [0, 0.1) is 5.92 Å². The zero-order chi connectivity index (χ0) is 10.4. The fourth-order valence-electron chi connectivity index (χ4n) is 1.29. The second-order valence-electron chi connectivity index (χ2n) is 3.84. The minimum absolute atomic E-state index is 0.0569. The summed E-state index contributed by atoms with van der Waals surface area (Å²) in [4.78, 5) is 10.4. The van der Waals surface area contributed by atoms with Gasteiger partial charge >= 0.3 is 5.97 Å². The third-order valence-corrected chi connectivity index (χ3v) is 2.53. The SMILES string of the molecule is CCC(C)C(C)NC(C)CC(=O)O. The molecule has 3 heteroatoms. The lowest BCUT2D eigenvalue weighted by molar-refractivity contribution is -0.137. The van der Waals surface area contributed by atoms with Crippen LogP contribution < -0.4 is 5.32 Å². The quantitative estimate of drug-likeness (QED) is 0.667. The number of carboxylic acids is 1. The Hall–Kier alpha value is -0.570. The molecule has 0 aromatic heterocycles. The summed E-state index contributed by atoms with van der Waals surface area (Å²) >= 11 is 0. The fraction of sp³-hybridized carbons (Fsp3) is 0.900. The topological polar surface area (TPSA) is 49.3 Å². The van der Waals surface area contributed by atoms with Crippen molar-refractivity contribution < 1.29 is 9.90 Å². The Morgan fingerprint density at radius 1 is 1.38 bits per heavy atom. The van der Waals surface area contributed by atoms with Gasteiger partial charge in [0, 0.05) is 12.1 Å². The summed E-state index contributed by atoms with van der Waals surface area (Å²) in [6.45, 7) is 8.33. The van der Waals surface area contributed by atoms with E-state index in [-0.39, 0.29) is 12.5 Å². The molecule has 0 spiro atoms. The maximum atomic E-state index is 10.4. The van der Waals surface area contributed by atoms with E-state index in [2.05, 4.69) is 26.1 Å². The zero-order valence-corrected chi connectivity index (χ0v) is 9.00. The molecule has 0 aromatic rings. The van der Waals surface area contributed by atoms with Crippen molar-refractivity contribution in [2.75, 3.05) is 0 Å². The Labute approximate surface area is 80.5 Å². The number of aliphatic carboxylic acids is 1. The summed E-state index contributed by atoms with van der Waals surface area (Å²) < 4.78 is 0. The molecule has 3 nitrogen and oxygen atoms in total. The van der Waals surface area contributed by atoms with Gasteiger partial charge in [-0.05, 0) is 19.8 Å². The second-order valence-corrected chi connectivity index (χ2v) is 3.84. The van der Waals surface area contributed by atoms with Gasteiger partial charge in [-0.3, -0.25) is 4.79 Å². The van der Waals surface area contributed by atoms with E-state index in [0.29, 0.717) is 12.0 Å². The van der Waals surface area contributed by atoms with Crippen molar-refractivity contribution in [3.05, 3.63) is 0 Å². The number of carboxylic acid groups (broad SMARTS) is 1. The summed E-state index contributed by atoms with van der Waals surface area (Å²) in [6.07, 6.45) is 1.31. The number of hydrogen-bond acceptors (Lipinski definition) is 2. The van der Waals surface area contributed by atoms with E-state index in [9.17, 15) is 4.79 Å². The van der Waals surface area contributed by atoms with E-state index in [4.69, 9.17) is 5.11 Å². The smallest absolute Gasteiger partial charge is 0.304 e. The van der Waals surface area contributed by atoms with Crippen molar-refractivity contribution in [1.82, 2.24) is 5.32 Å². The molecule has 0 rings (SSSR count). The van der Waals surface area contributed by atoms with Crippen molar-refractivity contribution in [2.45, 2.75) is 52.6 Å². The maximum absolute atomic E-state index is 10.4. The summed E-state index contributed by atoms with van der Waals surface area (Å²) in [5.74, 6) is -0.146. The maximum Gasteiger partial charge on any atom is 0.304 e. The molecule has 0 aliphatic rings. The number of hydrogen-bond donors (Lipinski definition) is 2. The third kappa shape index (κ3) is 5.64. The standard InChI is InChI=1S/C10H21NO2/c1-5-7(2)9(4)11-8(3)6-10(12)13/h7-9,11H,5-6H2,1-4H3,(H,12,13). The van der Waals surface area contributed by atoms with E-state index in [0.717, 1.165) is 6.42 Å². The molecule has 0 aliphatic heterocycles. The van der Waals surface area contributed by atoms with Crippen LogP contribution in [-0.4, -0.2) is 23.2 Å². The summed E-state index contributed by atoms with van der Waals surface area (Å²) in [5.41, 5.74) is 0. The van der Waals surface area contributed by atoms with Crippen molar-refractivity contribution in [1.29, 1.82) is 0 Å². The van der Waals surface area contributed by atoms with Gasteiger partial charge in [0.2, 0.25) is 0 Å². The number of carbonyl (C=O) groups is 1. The van der Waals surface area contributed by atoms with Crippen LogP contribution in [0.3, 0.4) is 0 Å². The Balaban J connectivity index is 3.76. The average molecular weight is 187 g/mol. The lowest BCUT2D eigenvalue weighted by Crippen LogP contribution is -2.39. The van der Waals surface area contributed by atoms with Crippen LogP contribution in [0.25, 0.3) is 0 Å². The first-order valence-corrected chi connectivity index (χ1v) is 4.95. The molecule has 0 saturated carbocycles. The Kier molecular flexibility index (Phi) is 5.71. The monoisotopic (exact) mass is 187 g/mol. The number of rotatable bonds is 6. The van der Waals surface area contributed by atoms with Gasteiger partial charge in [-0.1, -0.05) is 20.3 Å². The first-order valence-electron chi connectivity index (χ1n) is 4.95. The molecule has 0 amide bonds. The predicted molar refractivity (Wildman–Crippen MR) is 53.8 cm³/mol. The molecule has 3 unspecified atom stereocenters. The molecule has 0 fully saturated rings. The van der Waals surface area contributed by atoms with Crippen molar-refractivity contribution >= 4 is 5.97 Å².